The maximum absolute atomic E-state index is 12.8. The van der Waals surface area contributed by atoms with Crippen LogP contribution in [0.4, 0.5) is 0 Å². The third kappa shape index (κ3) is 2.28. The first-order valence-corrected chi connectivity index (χ1v) is 12.1. The van der Waals surface area contributed by atoms with Gasteiger partial charge in [-0.15, -0.1) is 0 Å². The van der Waals surface area contributed by atoms with Gasteiger partial charge in [0.1, 0.15) is 11.5 Å². The molecule has 5 bridgehead atoms. The molecule has 2 aliphatic carbocycles. The van der Waals surface area contributed by atoms with Gasteiger partial charge in [-0.2, -0.15) is 0 Å². The molecular formula is C18H8I4O5. The molecule has 2 unspecified atom stereocenters. The minimum Gasteiger partial charge on any atom is -0.506 e. The summed E-state index contributed by atoms with van der Waals surface area (Å²) in [7, 11) is 0. The van der Waals surface area contributed by atoms with Gasteiger partial charge in [0.25, 0.3) is 0 Å². The van der Waals surface area contributed by atoms with Crippen LogP contribution in [-0.2, 0) is 9.53 Å². The summed E-state index contributed by atoms with van der Waals surface area (Å²) in [6.07, 6.45) is 3.66. The molecule has 2 aliphatic heterocycles. The molecule has 0 fully saturated rings. The molecule has 1 aromatic carbocycles. The third-order valence-electron chi connectivity index (χ3n) is 5.22. The fraction of sp³-hybridized carbons (Fsp3) is 0.167. The summed E-state index contributed by atoms with van der Waals surface area (Å²) in [5.41, 5.74) is 1.30. The molecule has 5 rings (SSSR count). The minimum atomic E-state index is -0.721. The highest BCUT2D eigenvalue weighted by Crippen LogP contribution is 2.65. The lowest BCUT2D eigenvalue weighted by Gasteiger charge is -2.47. The van der Waals surface area contributed by atoms with E-state index in [-0.39, 0.29) is 11.5 Å². The van der Waals surface area contributed by atoms with Gasteiger partial charge in [-0.1, -0.05) is 12.2 Å². The largest absolute Gasteiger partial charge is 0.506 e. The normalized spacial score (nSPS) is 28.0. The number of carbonyl (C=O) groups is 1. The summed E-state index contributed by atoms with van der Waals surface area (Å²) < 4.78 is 14.6. The van der Waals surface area contributed by atoms with Crippen molar-refractivity contribution in [1.29, 1.82) is 0 Å². The molecular weight excluding hydrogens is 804 g/mol. The fourth-order valence-electron chi connectivity index (χ4n) is 4.07. The van der Waals surface area contributed by atoms with Crippen LogP contribution < -0.4 is 4.74 Å². The number of esters is 1. The Morgan fingerprint density at radius 1 is 1.19 bits per heavy atom. The number of fused-ring (bicyclic) bond motifs is 1. The number of carbonyl (C=O) groups excluding carboxylic acids is 1. The Labute approximate surface area is 208 Å². The molecule has 5 nitrogen and oxygen atoms in total. The van der Waals surface area contributed by atoms with Crippen LogP contribution in [0.15, 0.2) is 42.5 Å². The molecule has 1 aromatic rings. The molecule has 0 saturated carbocycles. The average molecular weight is 812 g/mol. The number of rotatable bonds is 0. The molecule has 9 heteroatoms. The topological polar surface area (TPSA) is 76.0 Å². The predicted molar refractivity (Wildman–Crippen MR) is 132 cm³/mol. The number of aromatic hydroxyl groups is 1. The zero-order valence-electron chi connectivity index (χ0n) is 13.1. The van der Waals surface area contributed by atoms with Crippen LogP contribution in [0.2, 0.25) is 0 Å². The van der Waals surface area contributed by atoms with E-state index in [0.717, 1.165) is 14.7 Å². The first-order chi connectivity index (χ1) is 12.8. The van der Waals surface area contributed by atoms with E-state index in [1.54, 1.807) is 6.08 Å². The molecule has 27 heavy (non-hydrogen) atoms. The summed E-state index contributed by atoms with van der Waals surface area (Å²) in [6, 6.07) is 1.84. The van der Waals surface area contributed by atoms with E-state index in [1.165, 1.54) is 0 Å². The number of phenolic OH excluding ortho intramolecular Hbond substituents is 1. The minimum absolute atomic E-state index is 0.138. The van der Waals surface area contributed by atoms with Crippen molar-refractivity contribution in [3.05, 3.63) is 55.2 Å². The lowest BCUT2D eigenvalue weighted by Crippen LogP contribution is -2.48. The maximum atomic E-state index is 12.8. The quantitative estimate of drug-likeness (QED) is 0.268. The second-order valence-corrected chi connectivity index (χ2v) is 10.9. The van der Waals surface area contributed by atoms with Gasteiger partial charge in [0, 0.05) is 9.14 Å². The molecule has 2 N–H and O–H groups in total. The van der Waals surface area contributed by atoms with Gasteiger partial charge in [-0.25, -0.2) is 4.79 Å². The number of aliphatic hydroxyl groups is 1. The van der Waals surface area contributed by atoms with E-state index in [9.17, 15) is 15.0 Å². The zero-order valence-corrected chi connectivity index (χ0v) is 21.8. The van der Waals surface area contributed by atoms with Crippen molar-refractivity contribution in [3.8, 4) is 11.5 Å². The van der Waals surface area contributed by atoms with Crippen molar-refractivity contribution >= 4 is 102 Å². The molecule has 1 spiro atoms. The number of ether oxygens (including phenoxy) is 2. The van der Waals surface area contributed by atoms with Crippen LogP contribution in [0.25, 0.3) is 5.57 Å². The monoisotopic (exact) mass is 812 g/mol. The second-order valence-electron chi connectivity index (χ2n) is 6.49. The van der Waals surface area contributed by atoms with E-state index in [2.05, 4.69) is 67.8 Å². The number of phenols is 1. The number of halogens is 4. The van der Waals surface area contributed by atoms with E-state index < -0.39 is 17.5 Å². The Morgan fingerprint density at radius 2 is 1.93 bits per heavy atom. The van der Waals surface area contributed by atoms with E-state index in [0.29, 0.717) is 34.2 Å². The highest BCUT2D eigenvalue weighted by molar-refractivity contribution is 14.1. The molecule has 0 radical (unpaired) electrons. The average Bonchev–Trinajstić information content (AvgIpc) is 2.71. The zero-order chi connectivity index (χ0) is 19.2. The van der Waals surface area contributed by atoms with Gasteiger partial charge >= 0.3 is 5.97 Å². The maximum Gasteiger partial charge on any atom is 0.339 e. The van der Waals surface area contributed by atoms with Crippen molar-refractivity contribution in [2.24, 2.45) is 5.41 Å². The molecule has 138 valence electrons. The van der Waals surface area contributed by atoms with Crippen molar-refractivity contribution in [3.63, 3.8) is 0 Å². The van der Waals surface area contributed by atoms with Crippen molar-refractivity contribution < 1.29 is 24.5 Å². The number of hydrogen-bond donors (Lipinski definition) is 2. The Balaban J connectivity index is 2.01. The van der Waals surface area contributed by atoms with Gasteiger partial charge < -0.3 is 19.7 Å². The van der Waals surface area contributed by atoms with Gasteiger partial charge in [0.05, 0.1) is 21.7 Å². The summed E-state index contributed by atoms with van der Waals surface area (Å²) in [5.74, 6) is 0.785. The van der Waals surface area contributed by atoms with E-state index in [1.807, 2.05) is 34.7 Å². The van der Waals surface area contributed by atoms with Gasteiger partial charge in [0.2, 0.25) is 0 Å². The first kappa shape index (κ1) is 19.0. The van der Waals surface area contributed by atoms with Crippen LogP contribution in [0.1, 0.15) is 12.0 Å². The smallest absolute Gasteiger partial charge is 0.339 e. The number of hydrogen-bond acceptors (Lipinski definition) is 5. The van der Waals surface area contributed by atoms with Gasteiger partial charge in [-0.3, -0.25) is 0 Å². The standard InChI is InChI=1S/C18H8I4O5/c19-7-4-6-8-5-2-1-3-18(8)15(22)12(24)10(21)14(16(18)27-17(5)25)26-13(6)9(20)11(7)23/h1-2,4,16,23-24H,3H2. The van der Waals surface area contributed by atoms with Crippen molar-refractivity contribution in [2.45, 2.75) is 12.5 Å². The van der Waals surface area contributed by atoms with Gasteiger partial charge in [-0.05, 0) is 108 Å². The Hall–Kier alpha value is -0.0300. The summed E-state index contributed by atoms with van der Waals surface area (Å²) in [5, 5.41) is 21.3. The summed E-state index contributed by atoms with van der Waals surface area (Å²) in [6.45, 7) is 0. The van der Waals surface area contributed by atoms with E-state index >= 15 is 0 Å². The highest BCUT2D eigenvalue weighted by atomic mass is 127. The van der Waals surface area contributed by atoms with E-state index in [4.69, 9.17) is 9.47 Å². The molecule has 0 aromatic heterocycles. The molecule has 4 aliphatic rings. The SMILES string of the molecule is O=C1OC2C3=C(I)C(O)=C(I)C24CC=CC1=C4c1cc(I)c(O)c(I)c1O3. The summed E-state index contributed by atoms with van der Waals surface area (Å²) in [4.78, 5) is 12.8. The fourth-order valence-corrected chi connectivity index (χ4v) is 8.08. The Kier molecular flexibility index (Phi) is 4.38. The van der Waals surface area contributed by atoms with Crippen LogP contribution in [0.5, 0.6) is 11.5 Å². The third-order valence-corrected chi connectivity index (χ3v) is 9.56. The predicted octanol–water partition coefficient (Wildman–Crippen LogP) is 5.48. The molecule has 0 saturated heterocycles. The first-order valence-electron chi connectivity index (χ1n) is 7.79. The Bertz CT molecular complexity index is 1100. The van der Waals surface area contributed by atoms with Crippen molar-refractivity contribution in [2.75, 3.05) is 0 Å². The molecule has 2 heterocycles. The number of aliphatic hydroxyl groups excluding tert-OH is 1. The number of allylic oxidation sites excluding steroid dienone is 2. The van der Waals surface area contributed by atoms with Crippen LogP contribution >= 0.6 is 90.4 Å². The molecule has 0 amide bonds. The van der Waals surface area contributed by atoms with Crippen molar-refractivity contribution in [1.82, 2.24) is 0 Å². The number of benzene rings is 1. The highest BCUT2D eigenvalue weighted by Gasteiger charge is 2.61. The van der Waals surface area contributed by atoms with Crippen LogP contribution in [0, 0.1) is 12.6 Å². The Morgan fingerprint density at radius 3 is 2.67 bits per heavy atom. The molecule has 2 atom stereocenters. The van der Waals surface area contributed by atoms with Crippen LogP contribution in [0.3, 0.4) is 0 Å². The summed E-state index contributed by atoms with van der Waals surface area (Å²) >= 11 is 8.31. The van der Waals surface area contributed by atoms with Gasteiger partial charge in [0.15, 0.2) is 17.6 Å². The van der Waals surface area contributed by atoms with Crippen LogP contribution in [-0.4, -0.2) is 22.3 Å². The second kappa shape index (κ2) is 6.23. The lowest BCUT2D eigenvalue weighted by molar-refractivity contribution is -0.148. The lowest BCUT2D eigenvalue weighted by atomic mass is 9.63.